The second-order valence-corrected chi connectivity index (χ2v) is 33.6. The van der Waals surface area contributed by atoms with E-state index < -0.39 is 91.9 Å². The van der Waals surface area contributed by atoms with Crippen molar-refractivity contribution in [2.75, 3.05) is 65.4 Å². The number of nitrogens with two attached hydrogens (primary N) is 2. The summed E-state index contributed by atoms with van der Waals surface area (Å²) in [5.74, 6) is 3.04. The molecule has 0 spiro atoms. The van der Waals surface area contributed by atoms with Crippen LogP contribution in [0.5, 0.6) is 0 Å². The van der Waals surface area contributed by atoms with Crippen molar-refractivity contribution in [3.63, 3.8) is 0 Å². The number of hydrogen-bond donors (Lipinski definition) is 6. The number of nitrogens with one attached hydrogen (secondary N) is 2. The normalized spacial score (nSPS) is 23.2. The Labute approximate surface area is 630 Å². The minimum Gasteiger partial charge on any atom is -0.724 e. The predicted octanol–water partition coefficient (Wildman–Crippen LogP) is 7.81. The van der Waals surface area contributed by atoms with Crippen LogP contribution >= 0.6 is 0 Å². The highest BCUT2D eigenvalue weighted by molar-refractivity contribution is 7.81. The molecule has 6 aliphatic heterocycles. The maximum Gasteiger partial charge on any atom is 0.418 e. The van der Waals surface area contributed by atoms with E-state index in [0.717, 1.165) is 43.6 Å². The van der Waals surface area contributed by atoms with Gasteiger partial charge >= 0.3 is 40.7 Å². The van der Waals surface area contributed by atoms with E-state index in [1.807, 2.05) is 0 Å². The van der Waals surface area contributed by atoms with Gasteiger partial charge in [0, 0.05) is 19.6 Å². The number of fused-ring (bicyclic) bond motifs is 6. The third-order valence-electron chi connectivity index (χ3n) is 20.5. The fourth-order valence-electron chi connectivity index (χ4n) is 14.0. The number of carbonyl (C=O) groups is 5. The summed E-state index contributed by atoms with van der Waals surface area (Å²) in [4.78, 5) is 78.2. The molecular formula is C67H110N20O19S2. The largest absolute Gasteiger partial charge is 0.724 e. The third kappa shape index (κ3) is 22.0. The zero-order valence-electron chi connectivity index (χ0n) is 64.1. The summed E-state index contributed by atoms with van der Waals surface area (Å²) >= 11 is 0. The summed E-state index contributed by atoms with van der Waals surface area (Å²) in [6.45, 7) is 31.0. The van der Waals surface area contributed by atoms with E-state index in [-0.39, 0.29) is 53.7 Å². The van der Waals surface area contributed by atoms with Gasteiger partial charge in [-0.3, -0.25) is 35.4 Å². The monoisotopic (exact) mass is 1560 g/mol. The number of quaternary nitrogens is 1. The lowest BCUT2D eigenvalue weighted by Crippen LogP contribution is -2.50. The van der Waals surface area contributed by atoms with Crippen LogP contribution in [-0.4, -0.2) is 239 Å². The van der Waals surface area contributed by atoms with E-state index in [1.165, 1.54) is 91.8 Å². The first kappa shape index (κ1) is 84.1. The first-order valence-electron chi connectivity index (χ1n) is 37.5. The number of urea groups is 3. The molecule has 108 heavy (non-hydrogen) atoms. The van der Waals surface area contributed by atoms with Crippen molar-refractivity contribution in [2.24, 2.45) is 26.4 Å². The smallest absolute Gasteiger partial charge is 0.418 e. The number of ether oxygens (including phenoxy) is 2. The minimum absolute atomic E-state index is 0.0130. The van der Waals surface area contributed by atoms with E-state index in [1.54, 1.807) is 60.3 Å². The maximum atomic E-state index is 12.6. The van der Waals surface area contributed by atoms with Crippen molar-refractivity contribution in [3.8, 4) is 0 Å². The highest BCUT2D eigenvalue weighted by Gasteiger charge is 2.56. The number of aliphatic imine (C=N–C) groups is 3. The average Bonchev–Trinajstić information content (AvgIpc) is 1.61. The van der Waals surface area contributed by atoms with Gasteiger partial charge in [-0.25, -0.2) is 37.5 Å². The standard InChI is InChI=1S/C19H28N6O8S.C19H28N6O5.C16H36N.C13H19N7O6S/c1-11(21-16(26)32-18(2,3)4)20-10-19(7-8-19)15-23-22-14(31-15)13-6-5-12-9-24(13)17(27)25(12)33-34(28,29)30;1-11(21-16(26)30-18(2,3)4)20-10-19(7-8-19)15-23-22-14(29-15)13-6-5-12-9-24(13)17(27)25(12)28;1-5-9-13-17(14-10-6-2,15-11-7-3)16-12-8-4;14-11(15)16-6-13(3-4-13)10-18-17-9(25-10)8-2-1-7-5-19(8)12(21)20(7)26-27(22,23)24/h12-13H,5-10H2,1-4H3,(H,20,21,26)(H,28,29,30);12-13,28H,5-10H2,1-4H3,(H,20,21,26);5-16H2,1-4H3;7-8H,1-6H2,(H4,14,15,16)(H,22,23,24)/q;;+1;/p-1/t2*12-,13+;;7-,8+/m11.1/s1. The van der Waals surface area contributed by atoms with Crippen molar-refractivity contribution in [3.05, 3.63) is 35.3 Å². The van der Waals surface area contributed by atoms with Crippen molar-refractivity contribution < 1.29 is 90.9 Å². The van der Waals surface area contributed by atoms with Crippen LogP contribution in [0, 0.1) is 0 Å². The fourth-order valence-corrected chi connectivity index (χ4v) is 14.8. The van der Waals surface area contributed by atoms with Gasteiger partial charge in [0.25, 0.3) is 0 Å². The molecule has 12 rings (SSSR count). The Hall–Kier alpha value is -7.96. The number of unbranched alkanes of at least 4 members (excludes halogenated alkanes) is 4. The van der Waals surface area contributed by atoms with E-state index in [2.05, 4.69) is 92.5 Å². The van der Waals surface area contributed by atoms with Gasteiger partial charge in [0.15, 0.2) is 5.96 Å². The van der Waals surface area contributed by atoms with Crippen molar-refractivity contribution in [1.82, 2.24) is 71.1 Å². The van der Waals surface area contributed by atoms with Gasteiger partial charge in [-0.2, -0.15) is 22.8 Å². The summed E-state index contributed by atoms with van der Waals surface area (Å²) in [7, 11) is -9.86. The lowest BCUT2D eigenvalue weighted by atomic mass is 10.0. The molecule has 3 aromatic heterocycles. The number of hydrogen-bond acceptors (Lipinski definition) is 27. The Morgan fingerprint density at radius 3 is 1.19 bits per heavy atom. The first-order chi connectivity index (χ1) is 50.8. The molecule has 0 aromatic carbocycles. The highest BCUT2D eigenvalue weighted by Crippen LogP contribution is 2.52. The summed E-state index contributed by atoms with van der Waals surface area (Å²) in [6, 6.07) is -4.39. The van der Waals surface area contributed by atoms with Gasteiger partial charge in [0.2, 0.25) is 45.7 Å². The van der Waals surface area contributed by atoms with E-state index in [9.17, 15) is 50.6 Å². The molecular weight excluding hydrogens is 1450 g/mol. The summed E-state index contributed by atoms with van der Waals surface area (Å²) in [5.41, 5.74) is 8.41. The number of carbonyl (C=O) groups excluding carboxylic acids is 5. The fraction of sp³-hybridized carbons (Fsp3) is 0.791. The van der Waals surface area contributed by atoms with Crippen molar-refractivity contribution in [1.29, 1.82) is 0 Å². The number of guanidine groups is 1. The number of alkyl carbamates (subject to hydrolysis) is 2. The van der Waals surface area contributed by atoms with Crippen LogP contribution in [0.4, 0.5) is 24.0 Å². The van der Waals surface area contributed by atoms with E-state index >= 15 is 0 Å². The molecule has 604 valence electrons. The maximum absolute atomic E-state index is 12.6. The summed E-state index contributed by atoms with van der Waals surface area (Å²) in [5, 5.41) is 42.0. The van der Waals surface area contributed by atoms with Gasteiger partial charge in [0.05, 0.1) is 80.2 Å². The lowest BCUT2D eigenvalue weighted by Gasteiger charge is -2.39. The average molecular weight is 1560 g/mol. The van der Waals surface area contributed by atoms with Crippen LogP contribution in [0.25, 0.3) is 0 Å². The molecule has 41 heteroatoms. The highest BCUT2D eigenvalue weighted by atomic mass is 32.3. The zero-order valence-corrected chi connectivity index (χ0v) is 65.8. The van der Waals surface area contributed by atoms with Crippen LogP contribution in [0.15, 0.2) is 28.2 Å². The van der Waals surface area contributed by atoms with Crippen LogP contribution < -0.4 is 22.1 Å². The number of piperidine rings is 3. The third-order valence-corrected chi connectivity index (χ3v) is 21.2. The Balaban J connectivity index is 0.000000170. The molecule has 9 aliphatic rings. The Morgan fingerprint density at radius 2 is 0.870 bits per heavy atom. The van der Waals surface area contributed by atoms with Gasteiger partial charge in [-0.15, -0.1) is 34.9 Å². The van der Waals surface area contributed by atoms with Crippen LogP contribution in [0.3, 0.4) is 0 Å². The van der Waals surface area contributed by atoms with Crippen molar-refractivity contribution >= 4 is 68.7 Å². The van der Waals surface area contributed by atoms with Crippen molar-refractivity contribution in [2.45, 2.75) is 275 Å². The zero-order chi connectivity index (χ0) is 79.0. The Morgan fingerprint density at radius 1 is 0.546 bits per heavy atom. The molecule has 3 aliphatic carbocycles. The first-order valence-corrected chi connectivity index (χ1v) is 40.2. The minimum atomic E-state index is -5.07. The quantitative estimate of drug-likeness (QED) is 0.0101. The second-order valence-electron chi connectivity index (χ2n) is 31.7. The topological polar surface area (TPSA) is 503 Å². The molecule has 0 unspecified atom stereocenters. The molecule has 8 amide bonds. The van der Waals surface area contributed by atoms with Gasteiger partial charge in [-0.05, 0) is 158 Å². The number of amides is 8. The van der Waals surface area contributed by atoms with Crippen LogP contribution in [0.1, 0.15) is 265 Å². The van der Waals surface area contributed by atoms with Gasteiger partial charge in [0.1, 0.15) is 41.0 Å². The Kier molecular flexibility index (Phi) is 26.9. The summed E-state index contributed by atoms with van der Waals surface area (Å²) in [6.07, 6.45) is 18.0. The predicted molar refractivity (Wildman–Crippen MR) is 385 cm³/mol. The van der Waals surface area contributed by atoms with E-state index in [4.69, 9.17) is 38.7 Å². The van der Waals surface area contributed by atoms with Gasteiger partial charge in [-0.1, -0.05) is 53.4 Å². The molecule has 3 aromatic rings. The molecule has 9 fully saturated rings. The molecule has 0 radical (unpaired) electrons. The molecule has 39 nitrogen and oxygen atoms in total. The van der Waals surface area contributed by atoms with Crippen LogP contribution in [-0.2, 0) is 55.1 Å². The second kappa shape index (κ2) is 34.5. The molecule has 9 heterocycles. The summed E-state index contributed by atoms with van der Waals surface area (Å²) < 4.78 is 102. The van der Waals surface area contributed by atoms with Crippen LogP contribution in [0.2, 0.25) is 0 Å². The lowest BCUT2D eigenvalue weighted by molar-refractivity contribution is -0.929. The molecule has 6 bridgehead atoms. The Bertz CT molecular complexity index is 3910. The number of amidine groups is 2. The number of hydroxylamine groups is 6. The number of rotatable bonds is 28. The van der Waals surface area contributed by atoms with E-state index in [0.29, 0.717) is 110 Å². The molecule has 8 N–H and O–H groups in total. The molecule has 6 saturated heterocycles. The number of nitrogens with zero attached hydrogens (tertiary/aromatic N) is 16. The SMILES string of the molecule is CC(=NCC1(c2nnc([C@@H]3CC[C@@H]4CN3C(=O)N4O)o2)CC1)NC(=O)OC(C)(C)C.CC(=NCC1(c2nnc([C@@H]3CC[C@@H]4CN3C(=O)N4OS(=O)(=O)[O-])o2)CC1)NC(=O)OC(C)(C)C.CCCC[N+](CCCC)(CCCC)CCCC.NC(N)=NCC1(c2nnc([C@@H]3CC[C@@H]4CN3C(=O)N4OS(=O)(=O)O)o2)CC1. The molecule has 3 saturated carbocycles. The number of aromatic nitrogens is 6. The molecule has 6 atom stereocenters. The van der Waals surface area contributed by atoms with Gasteiger partial charge < -0.3 is 57.9 Å².